The molecular weight excluding hydrogens is 316 g/mol. The van der Waals surface area contributed by atoms with E-state index in [0.29, 0.717) is 23.1 Å². The van der Waals surface area contributed by atoms with E-state index in [4.69, 9.17) is 4.74 Å². The summed E-state index contributed by atoms with van der Waals surface area (Å²) in [4.78, 5) is 24.3. The molecule has 1 aromatic carbocycles. The zero-order valence-corrected chi connectivity index (χ0v) is 13.4. The normalized spacial score (nSPS) is 19.5. The lowest BCUT2D eigenvalue weighted by molar-refractivity contribution is -0.386. The first-order chi connectivity index (χ1) is 11.2. The molecule has 0 amide bonds. The molecule has 0 spiro atoms. The molecule has 2 aromatic rings. The highest BCUT2D eigenvalue weighted by atomic mass is 16.6. The van der Waals surface area contributed by atoms with Gasteiger partial charge in [0.15, 0.2) is 0 Å². The molecule has 1 aromatic heterocycles. The molecule has 1 atom stereocenters. The smallest absolute Gasteiger partial charge is 0.334 e. The number of pyridine rings is 1. The number of phenols is 1. The van der Waals surface area contributed by atoms with Crippen molar-refractivity contribution in [2.75, 3.05) is 14.1 Å². The lowest BCUT2D eigenvalue weighted by Crippen LogP contribution is -2.32. The Morgan fingerprint density at radius 1 is 1.50 bits per heavy atom. The second-order valence-electron chi connectivity index (χ2n) is 6.10. The summed E-state index contributed by atoms with van der Waals surface area (Å²) >= 11 is 0. The van der Waals surface area contributed by atoms with Gasteiger partial charge < -0.3 is 19.8 Å². The molecule has 3 rings (SSSR count). The van der Waals surface area contributed by atoms with Gasteiger partial charge in [0.25, 0.3) is 0 Å². The molecule has 126 valence electrons. The number of aromatic amines is 1. The number of aromatic nitrogens is 1. The number of ether oxygens (including phenoxy) is 1. The van der Waals surface area contributed by atoms with Crippen molar-refractivity contribution in [3.05, 3.63) is 38.2 Å². The van der Waals surface area contributed by atoms with Crippen LogP contribution in [0.4, 0.5) is 5.69 Å². The van der Waals surface area contributed by atoms with E-state index in [1.54, 1.807) is 25.3 Å². The van der Waals surface area contributed by atoms with Gasteiger partial charge in [-0.3, -0.25) is 14.9 Å². The average Bonchev–Trinajstić information content (AvgIpc) is 2.82. The number of nitrogens with zero attached hydrogens (tertiary/aromatic N) is 3. The predicted octanol–water partition coefficient (Wildman–Crippen LogP) is 1.38. The van der Waals surface area contributed by atoms with Crippen molar-refractivity contribution >= 4 is 22.8 Å². The quantitative estimate of drug-likeness (QED) is 0.497. The lowest BCUT2D eigenvalue weighted by atomic mass is 9.99. The number of nitro groups is 1. The van der Waals surface area contributed by atoms with Gasteiger partial charge in [0.2, 0.25) is 0 Å². The molecule has 1 aliphatic heterocycles. The van der Waals surface area contributed by atoms with E-state index in [0.717, 1.165) is 6.07 Å². The third-order valence-corrected chi connectivity index (χ3v) is 3.76. The maximum absolute atomic E-state index is 11.8. The number of hydrogen-bond donors (Lipinski definition) is 2. The maximum Gasteiger partial charge on any atom is 0.334 e. The van der Waals surface area contributed by atoms with Crippen LogP contribution >= 0.6 is 0 Å². The molecule has 2 heterocycles. The molecule has 0 bridgehead atoms. The summed E-state index contributed by atoms with van der Waals surface area (Å²) in [5.41, 5.74) is -1.43. The highest BCUT2D eigenvalue weighted by Gasteiger charge is 2.36. The fourth-order valence-electron chi connectivity index (χ4n) is 2.72. The number of nitrogens with one attached hydrogen (secondary N) is 1. The number of rotatable bonds is 3. The molecule has 2 N–H and O–H groups in total. The van der Waals surface area contributed by atoms with Crippen molar-refractivity contribution in [3.63, 3.8) is 0 Å². The lowest BCUT2D eigenvalue weighted by Gasteiger charge is -2.19. The van der Waals surface area contributed by atoms with E-state index in [-0.39, 0.29) is 11.3 Å². The summed E-state index contributed by atoms with van der Waals surface area (Å²) < 4.78 is 5.96. The van der Waals surface area contributed by atoms with Crippen molar-refractivity contribution in [1.29, 1.82) is 0 Å². The molecule has 0 saturated heterocycles. The zero-order valence-electron chi connectivity index (χ0n) is 13.4. The largest absolute Gasteiger partial charge is 0.506 e. The first-order valence-electron chi connectivity index (χ1n) is 7.18. The molecule has 0 aliphatic carbocycles. The highest BCUT2D eigenvalue weighted by Crippen LogP contribution is 2.43. The van der Waals surface area contributed by atoms with E-state index in [9.17, 15) is 20.0 Å². The third kappa shape index (κ3) is 2.53. The van der Waals surface area contributed by atoms with E-state index < -0.39 is 21.8 Å². The van der Waals surface area contributed by atoms with Crippen molar-refractivity contribution in [2.24, 2.45) is 5.10 Å². The molecular formula is C15H16N4O5. The molecule has 0 fully saturated rings. The van der Waals surface area contributed by atoms with Crippen molar-refractivity contribution in [1.82, 2.24) is 9.99 Å². The first kappa shape index (κ1) is 15.8. The molecule has 0 radical (unpaired) electrons. The van der Waals surface area contributed by atoms with E-state index >= 15 is 0 Å². The average molecular weight is 332 g/mol. The van der Waals surface area contributed by atoms with Gasteiger partial charge in [-0.1, -0.05) is 0 Å². The fourth-order valence-corrected chi connectivity index (χ4v) is 2.72. The van der Waals surface area contributed by atoms with Crippen LogP contribution in [0.2, 0.25) is 0 Å². The first-order valence-corrected chi connectivity index (χ1v) is 7.18. The van der Waals surface area contributed by atoms with Gasteiger partial charge in [-0.15, -0.1) is 0 Å². The summed E-state index contributed by atoms with van der Waals surface area (Å²) in [6.45, 7) is 1.82. The Labute approximate surface area is 136 Å². The Morgan fingerprint density at radius 3 is 2.83 bits per heavy atom. The van der Waals surface area contributed by atoms with Crippen LogP contribution in [0.25, 0.3) is 10.9 Å². The molecule has 1 unspecified atom stereocenters. The SMILES string of the molecule is CN(C)/N=C/C1(C)Cc2cc(O)c3[nH]c(=O)c([N+](=O)[O-])cc3c2O1. The summed E-state index contributed by atoms with van der Waals surface area (Å²) in [5, 5.41) is 27.2. The summed E-state index contributed by atoms with van der Waals surface area (Å²) in [7, 11) is 3.55. The van der Waals surface area contributed by atoms with Crippen molar-refractivity contribution in [3.8, 4) is 11.5 Å². The van der Waals surface area contributed by atoms with Gasteiger partial charge >= 0.3 is 11.2 Å². The number of hydrogen-bond acceptors (Lipinski definition) is 7. The number of H-pyrrole nitrogens is 1. The Bertz CT molecular complexity index is 934. The van der Waals surface area contributed by atoms with Gasteiger partial charge in [-0.05, 0) is 13.0 Å². The predicted molar refractivity (Wildman–Crippen MR) is 87.8 cm³/mol. The Balaban J connectivity index is 2.19. The zero-order chi connectivity index (χ0) is 17.6. The monoisotopic (exact) mass is 332 g/mol. The van der Waals surface area contributed by atoms with E-state index in [2.05, 4.69) is 10.1 Å². The van der Waals surface area contributed by atoms with Crippen LogP contribution in [-0.4, -0.2) is 45.9 Å². The van der Waals surface area contributed by atoms with Gasteiger partial charge in [-0.2, -0.15) is 5.10 Å². The second kappa shape index (κ2) is 5.22. The summed E-state index contributed by atoms with van der Waals surface area (Å²) in [5.74, 6) is 0.239. The van der Waals surface area contributed by atoms with Crippen LogP contribution < -0.4 is 10.3 Å². The van der Waals surface area contributed by atoms with Crippen molar-refractivity contribution in [2.45, 2.75) is 18.9 Å². The standard InChI is InChI=1S/C15H16N4O5/c1-15(7-16-18(2)3)6-8-4-11(20)12-9(13(8)24-15)5-10(19(22)23)14(21)17-12/h4-5,7,20H,6H2,1-3H3,(H,17,21)/b16-7+. The van der Waals surface area contributed by atoms with Gasteiger partial charge in [-0.25, -0.2) is 0 Å². The third-order valence-electron chi connectivity index (χ3n) is 3.76. The topological polar surface area (TPSA) is 121 Å². The van der Waals surface area contributed by atoms with Crippen LogP contribution in [0, 0.1) is 10.1 Å². The van der Waals surface area contributed by atoms with Crippen molar-refractivity contribution < 1.29 is 14.8 Å². The fraction of sp³-hybridized carbons (Fsp3) is 0.333. The van der Waals surface area contributed by atoms with E-state index in [1.165, 1.54) is 6.07 Å². The molecule has 0 saturated carbocycles. The number of aromatic hydroxyl groups is 1. The van der Waals surface area contributed by atoms with Crippen LogP contribution in [0.15, 0.2) is 22.0 Å². The minimum atomic E-state index is -0.877. The summed E-state index contributed by atoms with van der Waals surface area (Å²) in [6.07, 6.45) is 2.08. The number of hydrazone groups is 1. The van der Waals surface area contributed by atoms with E-state index in [1.807, 2.05) is 6.92 Å². The number of benzene rings is 1. The van der Waals surface area contributed by atoms with Crippen LogP contribution in [-0.2, 0) is 6.42 Å². The maximum atomic E-state index is 11.8. The van der Waals surface area contributed by atoms with Crippen LogP contribution in [0.3, 0.4) is 0 Å². The number of fused-ring (bicyclic) bond motifs is 3. The Morgan fingerprint density at radius 2 is 2.21 bits per heavy atom. The Kier molecular flexibility index (Phi) is 3.43. The van der Waals surface area contributed by atoms with Gasteiger partial charge in [0, 0.05) is 32.1 Å². The number of phenolic OH excluding ortho intramolecular Hbond substituents is 1. The van der Waals surface area contributed by atoms with Gasteiger partial charge in [0.1, 0.15) is 17.1 Å². The van der Waals surface area contributed by atoms with Crippen LogP contribution in [0.5, 0.6) is 11.5 Å². The minimum absolute atomic E-state index is 0.109. The molecule has 24 heavy (non-hydrogen) atoms. The molecule has 1 aliphatic rings. The summed E-state index contributed by atoms with van der Waals surface area (Å²) in [6, 6.07) is 2.62. The molecule has 9 heteroatoms. The van der Waals surface area contributed by atoms with Gasteiger partial charge in [0.05, 0.1) is 22.0 Å². The minimum Gasteiger partial charge on any atom is -0.506 e. The Hall–Kier alpha value is -3.10. The second-order valence-corrected chi connectivity index (χ2v) is 6.10. The van der Waals surface area contributed by atoms with Crippen LogP contribution in [0.1, 0.15) is 12.5 Å². The highest BCUT2D eigenvalue weighted by molar-refractivity contribution is 5.94. The molecule has 9 nitrogen and oxygen atoms in total.